The predicted octanol–water partition coefficient (Wildman–Crippen LogP) is 2.47. The van der Waals surface area contributed by atoms with Crippen LogP contribution in [0.15, 0.2) is 12.1 Å². The van der Waals surface area contributed by atoms with Crippen molar-refractivity contribution in [1.82, 2.24) is 5.32 Å². The molecule has 0 bridgehead atoms. The molecule has 2 heteroatoms. The molecule has 0 amide bonds. The van der Waals surface area contributed by atoms with Gasteiger partial charge in [-0.15, -0.1) is 0 Å². The van der Waals surface area contributed by atoms with Crippen LogP contribution in [0.3, 0.4) is 0 Å². The number of hydrogen-bond donors (Lipinski definition) is 1. The molecule has 0 radical (unpaired) electrons. The molecule has 1 nitrogen and oxygen atoms in total. The zero-order valence-electron chi connectivity index (χ0n) is 9.28. The Morgan fingerprint density at radius 1 is 1.20 bits per heavy atom. The number of hydrogen-bond acceptors (Lipinski definition) is 1. The zero-order chi connectivity index (χ0) is 10.7. The number of nitrogens with one attached hydrogen (secondary N) is 1. The van der Waals surface area contributed by atoms with E-state index in [1.807, 2.05) is 7.05 Å². The quantitative estimate of drug-likeness (QED) is 0.803. The van der Waals surface area contributed by atoms with Crippen LogP contribution in [0.4, 0.5) is 4.39 Å². The van der Waals surface area contributed by atoms with Gasteiger partial charge < -0.3 is 5.32 Å². The van der Waals surface area contributed by atoms with Gasteiger partial charge in [-0.3, -0.25) is 0 Å². The van der Waals surface area contributed by atoms with Crippen LogP contribution in [0, 0.1) is 5.82 Å². The maximum atomic E-state index is 13.7. The lowest BCUT2D eigenvalue weighted by Gasteiger charge is -2.17. The van der Waals surface area contributed by atoms with Crippen LogP contribution in [-0.4, -0.2) is 13.6 Å². The standard InChI is InChI=1S/C13H18FN/c1-15-7-6-12-8-10-4-2-3-5-11(10)9-13(12)14/h8-9,15H,2-7H2,1H3. The van der Waals surface area contributed by atoms with Crippen molar-refractivity contribution in [2.75, 3.05) is 13.6 Å². The maximum Gasteiger partial charge on any atom is 0.126 e. The topological polar surface area (TPSA) is 12.0 Å². The van der Waals surface area contributed by atoms with Crippen molar-refractivity contribution in [3.05, 3.63) is 34.6 Å². The van der Waals surface area contributed by atoms with Crippen LogP contribution in [0.25, 0.3) is 0 Å². The van der Waals surface area contributed by atoms with E-state index < -0.39 is 0 Å². The highest BCUT2D eigenvalue weighted by Crippen LogP contribution is 2.24. The van der Waals surface area contributed by atoms with Crippen molar-refractivity contribution in [3.63, 3.8) is 0 Å². The highest BCUT2D eigenvalue weighted by molar-refractivity contribution is 5.35. The van der Waals surface area contributed by atoms with Crippen molar-refractivity contribution < 1.29 is 4.39 Å². The minimum absolute atomic E-state index is 0.0223. The molecule has 0 spiro atoms. The van der Waals surface area contributed by atoms with Gasteiger partial charge in [0.25, 0.3) is 0 Å². The molecule has 0 fully saturated rings. The molecule has 1 aromatic carbocycles. The van der Waals surface area contributed by atoms with E-state index in [1.165, 1.54) is 24.0 Å². The van der Waals surface area contributed by atoms with E-state index in [9.17, 15) is 4.39 Å². The lowest BCUT2D eigenvalue weighted by molar-refractivity contribution is 0.593. The van der Waals surface area contributed by atoms with Gasteiger partial charge in [0, 0.05) is 0 Å². The molecule has 1 N–H and O–H groups in total. The summed E-state index contributed by atoms with van der Waals surface area (Å²) in [6.45, 7) is 0.843. The molecule has 0 unspecified atom stereocenters. The molecule has 2 rings (SSSR count). The first kappa shape index (κ1) is 10.6. The Balaban J connectivity index is 2.24. The fraction of sp³-hybridized carbons (Fsp3) is 0.538. The van der Waals surface area contributed by atoms with Crippen LogP contribution in [0.1, 0.15) is 29.5 Å². The first-order valence-corrected chi connectivity index (χ1v) is 5.76. The summed E-state index contributed by atoms with van der Waals surface area (Å²) in [7, 11) is 1.90. The van der Waals surface area contributed by atoms with Gasteiger partial charge in [-0.1, -0.05) is 6.07 Å². The van der Waals surface area contributed by atoms with E-state index >= 15 is 0 Å². The van der Waals surface area contributed by atoms with E-state index in [1.54, 1.807) is 6.07 Å². The van der Waals surface area contributed by atoms with Crippen LogP contribution in [0.2, 0.25) is 0 Å². The smallest absolute Gasteiger partial charge is 0.126 e. The van der Waals surface area contributed by atoms with Gasteiger partial charge in [-0.2, -0.15) is 0 Å². The largest absolute Gasteiger partial charge is 0.319 e. The second-order valence-electron chi connectivity index (χ2n) is 4.27. The van der Waals surface area contributed by atoms with Gasteiger partial charge in [0.15, 0.2) is 0 Å². The van der Waals surface area contributed by atoms with Gasteiger partial charge >= 0.3 is 0 Å². The van der Waals surface area contributed by atoms with Crippen LogP contribution >= 0.6 is 0 Å². The van der Waals surface area contributed by atoms with E-state index in [0.29, 0.717) is 0 Å². The van der Waals surface area contributed by atoms with E-state index in [0.717, 1.165) is 31.4 Å². The molecule has 0 saturated heterocycles. The molecule has 82 valence electrons. The number of aryl methyl sites for hydroxylation is 2. The molecule has 1 aliphatic carbocycles. The second-order valence-corrected chi connectivity index (χ2v) is 4.27. The average Bonchev–Trinajstić information content (AvgIpc) is 2.26. The van der Waals surface area contributed by atoms with Gasteiger partial charge in [0.2, 0.25) is 0 Å². The zero-order valence-corrected chi connectivity index (χ0v) is 9.28. The molecule has 0 heterocycles. The Hall–Kier alpha value is -0.890. The molecule has 1 aliphatic rings. The highest BCUT2D eigenvalue weighted by atomic mass is 19.1. The Morgan fingerprint density at radius 2 is 1.87 bits per heavy atom. The number of likely N-dealkylation sites (N-methyl/N-ethyl adjacent to an activating group) is 1. The number of halogens is 1. The Morgan fingerprint density at radius 3 is 2.53 bits per heavy atom. The fourth-order valence-corrected chi connectivity index (χ4v) is 2.26. The first-order valence-electron chi connectivity index (χ1n) is 5.76. The Labute approximate surface area is 90.7 Å². The summed E-state index contributed by atoms with van der Waals surface area (Å²) >= 11 is 0. The summed E-state index contributed by atoms with van der Waals surface area (Å²) in [6.07, 6.45) is 5.43. The van der Waals surface area contributed by atoms with Crippen LogP contribution in [-0.2, 0) is 19.3 Å². The van der Waals surface area contributed by atoms with Gasteiger partial charge in [-0.25, -0.2) is 4.39 Å². The third kappa shape index (κ3) is 2.37. The highest BCUT2D eigenvalue weighted by Gasteiger charge is 2.12. The molecule has 1 aromatic rings. The van der Waals surface area contributed by atoms with Crippen molar-refractivity contribution >= 4 is 0 Å². The van der Waals surface area contributed by atoms with E-state index in [-0.39, 0.29) is 5.82 Å². The lowest BCUT2D eigenvalue weighted by atomic mass is 9.89. The van der Waals surface area contributed by atoms with Gasteiger partial charge in [-0.05, 0) is 68.5 Å². The van der Waals surface area contributed by atoms with Gasteiger partial charge in [0.1, 0.15) is 5.82 Å². The van der Waals surface area contributed by atoms with Crippen molar-refractivity contribution in [2.24, 2.45) is 0 Å². The van der Waals surface area contributed by atoms with Gasteiger partial charge in [0.05, 0.1) is 0 Å². The lowest BCUT2D eigenvalue weighted by Crippen LogP contribution is -2.12. The van der Waals surface area contributed by atoms with E-state index in [4.69, 9.17) is 0 Å². The molecular formula is C13H18FN. The molecule has 0 atom stereocenters. The number of rotatable bonds is 3. The normalized spacial score (nSPS) is 15.1. The Kier molecular flexibility index (Phi) is 3.37. The van der Waals surface area contributed by atoms with Crippen LogP contribution in [0.5, 0.6) is 0 Å². The number of fused-ring (bicyclic) bond motifs is 1. The number of benzene rings is 1. The van der Waals surface area contributed by atoms with Crippen molar-refractivity contribution in [2.45, 2.75) is 32.1 Å². The minimum Gasteiger partial charge on any atom is -0.319 e. The molecule has 0 aromatic heterocycles. The Bertz CT molecular complexity index is 347. The van der Waals surface area contributed by atoms with Crippen molar-refractivity contribution in [3.8, 4) is 0 Å². The summed E-state index contributed by atoms with van der Waals surface area (Å²) in [4.78, 5) is 0. The van der Waals surface area contributed by atoms with Crippen LogP contribution < -0.4 is 5.32 Å². The predicted molar refractivity (Wildman–Crippen MR) is 60.7 cm³/mol. The molecule has 0 aliphatic heterocycles. The minimum atomic E-state index is -0.0223. The summed E-state index contributed by atoms with van der Waals surface area (Å²) in [5.74, 6) is -0.0223. The third-order valence-electron chi connectivity index (χ3n) is 3.16. The SMILES string of the molecule is CNCCc1cc2c(cc1F)CCCC2. The monoisotopic (exact) mass is 207 g/mol. The summed E-state index contributed by atoms with van der Waals surface area (Å²) in [6, 6.07) is 3.82. The maximum absolute atomic E-state index is 13.7. The molecule has 15 heavy (non-hydrogen) atoms. The second kappa shape index (κ2) is 4.75. The summed E-state index contributed by atoms with van der Waals surface area (Å²) in [5.41, 5.74) is 3.46. The average molecular weight is 207 g/mol. The third-order valence-corrected chi connectivity index (χ3v) is 3.16. The van der Waals surface area contributed by atoms with E-state index in [2.05, 4.69) is 11.4 Å². The summed E-state index contributed by atoms with van der Waals surface area (Å²) in [5, 5.41) is 3.06. The molecular weight excluding hydrogens is 189 g/mol. The fourth-order valence-electron chi connectivity index (χ4n) is 2.26. The molecule has 0 saturated carbocycles. The summed E-state index contributed by atoms with van der Waals surface area (Å²) < 4.78 is 13.7. The first-order chi connectivity index (χ1) is 7.31. The van der Waals surface area contributed by atoms with Crippen molar-refractivity contribution in [1.29, 1.82) is 0 Å².